The maximum Gasteiger partial charge on any atom is 0.320 e. The lowest BCUT2D eigenvalue weighted by Crippen LogP contribution is -2.34. The smallest absolute Gasteiger partial charge is 0.320 e. The highest BCUT2D eigenvalue weighted by atomic mass is 28.3. The first kappa shape index (κ1) is 42.1. The fourth-order valence-corrected chi connectivity index (χ4v) is 4.62. The van der Waals surface area contributed by atoms with E-state index in [1.807, 2.05) is 6.08 Å². The summed E-state index contributed by atoms with van der Waals surface area (Å²) >= 11 is 0. The first-order chi connectivity index (χ1) is 21.4. The van der Waals surface area contributed by atoms with Crippen LogP contribution in [-0.2, 0) is 23.9 Å². The monoisotopic (exact) mass is 641 g/mol. The van der Waals surface area contributed by atoms with Gasteiger partial charge in [0.25, 0.3) is 0 Å². The van der Waals surface area contributed by atoms with Gasteiger partial charge >= 0.3 is 11.9 Å². The Hall–Kier alpha value is -2.93. The van der Waals surface area contributed by atoms with Crippen LogP contribution in [0.15, 0.2) is 72.9 Å². The Balaban J connectivity index is 4.12. The Morgan fingerprint density at radius 2 is 1.20 bits per heavy atom. The molecule has 0 heterocycles. The van der Waals surface area contributed by atoms with E-state index in [2.05, 4.69) is 98.7 Å². The van der Waals surface area contributed by atoms with Crippen LogP contribution in [-0.4, -0.2) is 44.7 Å². The summed E-state index contributed by atoms with van der Waals surface area (Å²) < 4.78 is 10.9. The summed E-state index contributed by atoms with van der Waals surface area (Å²) in [7, 11) is -1.35. The van der Waals surface area contributed by atoms with Gasteiger partial charge in [0.15, 0.2) is 5.92 Å². The van der Waals surface area contributed by atoms with Crippen LogP contribution in [0.2, 0.25) is 25.7 Å². The number of amides is 1. The second kappa shape index (κ2) is 26.3. The minimum absolute atomic E-state index is 0.00368. The lowest BCUT2D eigenvalue weighted by Gasteiger charge is -2.23. The number of allylic oxidation sites excluding steroid dienone is 12. The van der Waals surface area contributed by atoms with Crippen LogP contribution in [0.25, 0.3) is 0 Å². The van der Waals surface area contributed by atoms with Gasteiger partial charge in [0.2, 0.25) is 5.91 Å². The van der Waals surface area contributed by atoms with Crippen LogP contribution in [0.3, 0.4) is 0 Å². The molecule has 0 aromatic rings. The molecule has 1 atom stereocenters. The standard InChI is InChI=1S/C38H63NO5Si/c1-8-9-10-11-12-13-14-15-16-17-18-19-20-21-22-23-24-25-26-30-35(40)39-31-28-27-29-34(37(42)44-38(2,3)4)36(41)43-32-33-45(5,6)7/h9-10,12-13,15-16,18-19,21-22,24-25,34H,8,11,14,17,20,23,26-33H2,1-7H3,(H,39,40)/b10-9-,13-12-,16-15-,19-18-,22-21-,25-24-/t34-/m1/s1. The van der Waals surface area contributed by atoms with Crippen molar-refractivity contribution in [2.45, 2.75) is 130 Å². The largest absolute Gasteiger partial charge is 0.465 e. The van der Waals surface area contributed by atoms with Crippen LogP contribution in [0, 0.1) is 5.92 Å². The van der Waals surface area contributed by atoms with Gasteiger partial charge in [-0.15, -0.1) is 0 Å². The molecule has 0 aliphatic rings. The Morgan fingerprint density at radius 1 is 0.711 bits per heavy atom. The molecule has 0 spiro atoms. The fraction of sp³-hybridized carbons (Fsp3) is 0.605. The van der Waals surface area contributed by atoms with Gasteiger partial charge in [-0.3, -0.25) is 14.4 Å². The minimum atomic E-state index is -1.35. The van der Waals surface area contributed by atoms with Crippen LogP contribution < -0.4 is 5.32 Å². The number of carbonyl (C=O) groups is 3. The number of carbonyl (C=O) groups excluding carboxylic acids is 3. The number of nitrogens with one attached hydrogen (secondary N) is 1. The van der Waals surface area contributed by atoms with Crippen molar-refractivity contribution >= 4 is 25.9 Å². The molecule has 1 N–H and O–H groups in total. The second-order valence-electron chi connectivity index (χ2n) is 13.4. The first-order valence-corrected chi connectivity index (χ1v) is 20.6. The second-order valence-corrected chi connectivity index (χ2v) is 19.0. The van der Waals surface area contributed by atoms with Crippen molar-refractivity contribution in [1.82, 2.24) is 5.32 Å². The van der Waals surface area contributed by atoms with E-state index in [9.17, 15) is 14.4 Å². The number of hydrogen-bond acceptors (Lipinski definition) is 5. The topological polar surface area (TPSA) is 81.7 Å². The van der Waals surface area contributed by atoms with Gasteiger partial charge in [0.1, 0.15) is 5.60 Å². The third-order valence-electron chi connectivity index (χ3n) is 6.45. The Kier molecular flexibility index (Phi) is 24.6. The molecule has 0 aliphatic carbocycles. The number of esters is 2. The molecule has 0 radical (unpaired) electrons. The van der Waals surface area contributed by atoms with Gasteiger partial charge < -0.3 is 14.8 Å². The van der Waals surface area contributed by atoms with Gasteiger partial charge in [0.05, 0.1) is 6.61 Å². The van der Waals surface area contributed by atoms with E-state index in [1.54, 1.807) is 20.8 Å². The molecular weight excluding hydrogens is 579 g/mol. The molecule has 1 amide bonds. The van der Waals surface area contributed by atoms with E-state index in [-0.39, 0.29) is 5.91 Å². The summed E-state index contributed by atoms with van der Waals surface area (Å²) in [6, 6.07) is 0.852. The van der Waals surface area contributed by atoms with Crippen molar-refractivity contribution in [2.75, 3.05) is 13.2 Å². The summed E-state index contributed by atoms with van der Waals surface area (Å²) in [6.45, 7) is 15.0. The number of rotatable bonds is 24. The molecule has 254 valence electrons. The zero-order valence-corrected chi connectivity index (χ0v) is 30.4. The first-order valence-electron chi connectivity index (χ1n) is 16.9. The Bertz CT molecular complexity index is 993. The van der Waals surface area contributed by atoms with Crippen molar-refractivity contribution in [3.63, 3.8) is 0 Å². The van der Waals surface area contributed by atoms with Crippen molar-refractivity contribution in [3.05, 3.63) is 72.9 Å². The van der Waals surface area contributed by atoms with Crippen LogP contribution in [0.5, 0.6) is 0 Å². The molecule has 0 unspecified atom stereocenters. The van der Waals surface area contributed by atoms with Crippen LogP contribution in [0.1, 0.15) is 98.3 Å². The van der Waals surface area contributed by atoms with Gasteiger partial charge in [-0.25, -0.2) is 0 Å². The maximum absolute atomic E-state index is 12.7. The number of unbranched alkanes of at least 4 members (excludes halogenated alkanes) is 1. The maximum atomic E-state index is 12.7. The van der Waals surface area contributed by atoms with Crippen LogP contribution >= 0.6 is 0 Å². The van der Waals surface area contributed by atoms with E-state index < -0.39 is 31.5 Å². The summed E-state index contributed by atoms with van der Waals surface area (Å²) in [5.41, 5.74) is -0.675. The Labute approximate surface area is 276 Å². The van der Waals surface area contributed by atoms with Crippen molar-refractivity contribution in [3.8, 4) is 0 Å². The molecule has 0 fully saturated rings. The quantitative estimate of drug-likeness (QED) is 0.0373. The Morgan fingerprint density at radius 3 is 1.67 bits per heavy atom. The van der Waals surface area contributed by atoms with Crippen molar-refractivity contribution in [1.29, 1.82) is 0 Å². The summed E-state index contributed by atoms with van der Waals surface area (Å²) in [5.74, 6) is -1.98. The zero-order valence-electron chi connectivity index (χ0n) is 29.4. The van der Waals surface area contributed by atoms with Gasteiger partial charge in [-0.2, -0.15) is 0 Å². The third-order valence-corrected chi connectivity index (χ3v) is 8.15. The third kappa shape index (κ3) is 29.5. The number of ether oxygens (including phenoxy) is 2. The van der Waals surface area contributed by atoms with Crippen molar-refractivity contribution in [2.24, 2.45) is 5.92 Å². The lowest BCUT2D eigenvalue weighted by molar-refractivity contribution is -0.169. The molecule has 45 heavy (non-hydrogen) atoms. The van der Waals surface area contributed by atoms with Gasteiger partial charge in [-0.1, -0.05) is 106 Å². The molecule has 0 aromatic heterocycles. The average molecular weight is 642 g/mol. The fourth-order valence-electron chi connectivity index (χ4n) is 3.91. The SMILES string of the molecule is CC/C=C\C/C=C\C/C=C\C/C=C\C/C=C\C/C=C\CCC(=O)NCCCC[C@H](C(=O)OCC[Si](C)(C)C)C(=O)OC(C)(C)C. The minimum Gasteiger partial charge on any atom is -0.465 e. The molecule has 0 bridgehead atoms. The highest BCUT2D eigenvalue weighted by Crippen LogP contribution is 2.18. The van der Waals surface area contributed by atoms with E-state index in [4.69, 9.17) is 9.47 Å². The lowest BCUT2D eigenvalue weighted by atomic mass is 10.0. The molecule has 0 aliphatic heterocycles. The van der Waals surface area contributed by atoms with Gasteiger partial charge in [0, 0.05) is 21.0 Å². The predicted molar refractivity (Wildman–Crippen MR) is 193 cm³/mol. The van der Waals surface area contributed by atoms with E-state index in [0.717, 1.165) is 44.6 Å². The molecule has 0 saturated carbocycles. The normalized spacial score (nSPS) is 13.7. The highest BCUT2D eigenvalue weighted by Gasteiger charge is 2.32. The molecule has 6 nitrogen and oxygen atoms in total. The van der Waals surface area contributed by atoms with Gasteiger partial charge in [-0.05, 0) is 84.6 Å². The average Bonchev–Trinajstić information content (AvgIpc) is 2.94. The molecule has 7 heteroatoms. The molecule has 0 rings (SSSR count). The summed E-state index contributed by atoms with van der Waals surface area (Å²) in [6.07, 6.45) is 34.6. The van der Waals surface area contributed by atoms with E-state index in [0.29, 0.717) is 45.3 Å². The summed E-state index contributed by atoms with van der Waals surface area (Å²) in [4.78, 5) is 37.5. The van der Waals surface area contributed by atoms with Crippen molar-refractivity contribution < 1.29 is 23.9 Å². The molecule has 0 saturated heterocycles. The predicted octanol–water partition coefficient (Wildman–Crippen LogP) is 9.59. The van der Waals surface area contributed by atoms with E-state index in [1.165, 1.54) is 0 Å². The molecule has 0 aromatic carbocycles. The summed E-state index contributed by atoms with van der Waals surface area (Å²) in [5, 5.41) is 2.93. The molecular formula is C38H63NO5Si. The highest BCUT2D eigenvalue weighted by molar-refractivity contribution is 6.76. The zero-order chi connectivity index (χ0) is 33.8. The van der Waals surface area contributed by atoms with Crippen LogP contribution in [0.4, 0.5) is 0 Å². The van der Waals surface area contributed by atoms with E-state index >= 15 is 0 Å². The number of hydrogen-bond donors (Lipinski definition) is 1.